The fraction of sp³-hybridized carbons (Fsp3) is 0.538. The fourth-order valence-electron chi connectivity index (χ4n) is 1.68. The minimum Gasteiger partial charge on any atom is -0.494 e. The van der Waals surface area contributed by atoms with E-state index in [0.29, 0.717) is 0 Å². The maximum absolute atomic E-state index is 5.60. The molecule has 0 fully saturated rings. The molecule has 0 aliphatic carbocycles. The summed E-state index contributed by atoms with van der Waals surface area (Å²) in [5.74, 6) is 6.48. The summed E-state index contributed by atoms with van der Waals surface area (Å²) in [5, 5.41) is 0. The first-order valence-corrected chi connectivity index (χ1v) is 6.00. The van der Waals surface area contributed by atoms with E-state index < -0.39 is 0 Å². The lowest BCUT2D eigenvalue weighted by Gasteiger charge is -2.16. The van der Waals surface area contributed by atoms with Crippen LogP contribution < -0.4 is 16.0 Å². The molecule has 1 rings (SSSR count). The number of nitrogens with one attached hydrogen (secondary N) is 1. The second-order valence-electron chi connectivity index (χ2n) is 3.93. The van der Waals surface area contributed by atoms with Crippen molar-refractivity contribution in [3.63, 3.8) is 0 Å². The van der Waals surface area contributed by atoms with Gasteiger partial charge in [0.2, 0.25) is 0 Å². The molecule has 0 saturated heterocycles. The lowest BCUT2D eigenvalue weighted by Crippen LogP contribution is -2.27. The normalized spacial score (nSPS) is 12.4. The number of nitrogens with two attached hydrogens (primary N) is 1. The van der Waals surface area contributed by atoms with Gasteiger partial charge in [-0.1, -0.05) is 32.4 Å². The maximum atomic E-state index is 5.60. The van der Waals surface area contributed by atoms with Gasteiger partial charge < -0.3 is 4.74 Å². The summed E-state index contributed by atoms with van der Waals surface area (Å²) in [4.78, 5) is 0. The standard InChI is InChI=1S/C13H22N2O/c1-3-6-13(15-14)11-7-5-8-12(10-11)16-9-4-2/h5,7-8,10,13,15H,3-4,6,9,14H2,1-2H3. The number of hydrazine groups is 1. The summed E-state index contributed by atoms with van der Waals surface area (Å²) in [6.45, 7) is 5.02. The van der Waals surface area contributed by atoms with Crippen molar-refractivity contribution in [3.05, 3.63) is 29.8 Å². The molecule has 1 atom stereocenters. The van der Waals surface area contributed by atoms with E-state index in [1.165, 1.54) is 5.56 Å². The van der Waals surface area contributed by atoms with Crippen LogP contribution in [-0.4, -0.2) is 6.61 Å². The highest BCUT2D eigenvalue weighted by Gasteiger charge is 2.08. The van der Waals surface area contributed by atoms with E-state index in [4.69, 9.17) is 10.6 Å². The number of benzene rings is 1. The first kappa shape index (κ1) is 13.0. The van der Waals surface area contributed by atoms with E-state index >= 15 is 0 Å². The lowest BCUT2D eigenvalue weighted by atomic mass is 10.0. The molecule has 90 valence electrons. The Labute approximate surface area is 98.0 Å². The van der Waals surface area contributed by atoms with Gasteiger partial charge in [-0.05, 0) is 30.5 Å². The first-order valence-electron chi connectivity index (χ1n) is 6.00. The molecule has 1 unspecified atom stereocenters. The lowest BCUT2D eigenvalue weighted by molar-refractivity contribution is 0.316. The topological polar surface area (TPSA) is 47.3 Å². The molecule has 0 aromatic heterocycles. The van der Waals surface area contributed by atoms with Crippen molar-refractivity contribution in [2.45, 2.75) is 39.2 Å². The van der Waals surface area contributed by atoms with Crippen LogP contribution in [0.3, 0.4) is 0 Å². The molecule has 3 N–H and O–H groups in total. The van der Waals surface area contributed by atoms with Gasteiger partial charge in [0.25, 0.3) is 0 Å². The van der Waals surface area contributed by atoms with Gasteiger partial charge in [-0.15, -0.1) is 0 Å². The van der Waals surface area contributed by atoms with Crippen LogP contribution in [0.1, 0.15) is 44.7 Å². The summed E-state index contributed by atoms with van der Waals surface area (Å²) in [5.41, 5.74) is 4.04. The predicted octanol–water partition coefficient (Wildman–Crippen LogP) is 2.78. The molecule has 0 aliphatic heterocycles. The van der Waals surface area contributed by atoms with Crippen molar-refractivity contribution in [2.75, 3.05) is 6.61 Å². The van der Waals surface area contributed by atoms with E-state index in [0.717, 1.165) is 31.6 Å². The average molecular weight is 222 g/mol. The van der Waals surface area contributed by atoms with Crippen LogP contribution in [0.5, 0.6) is 5.75 Å². The highest BCUT2D eigenvalue weighted by Crippen LogP contribution is 2.22. The average Bonchev–Trinajstić information content (AvgIpc) is 2.33. The number of hydrogen-bond acceptors (Lipinski definition) is 3. The van der Waals surface area contributed by atoms with E-state index in [1.54, 1.807) is 0 Å². The van der Waals surface area contributed by atoms with Gasteiger partial charge in [0, 0.05) is 6.04 Å². The predicted molar refractivity (Wildman–Crippen MR) is 67.2 cm³/mol. The monoisotopic (exact) mass is 222 g/mol. The zero-order chi connectivity index (χ0) is 11.8. The van der Waals surface area contributed by atoms with E-state index in [-0.39, 0.29) is 6.04 Å². The second kappa shape index (κ2) is 7.25. The van der Waals surface area contributed by atoms with Crippen LogP contribution in [-0.2, 0) is 0 Å². The van der Waals surface area contributed by atoms with Crippen LogP contribution in [0.4, 0.5) is 0 Å². The number of rotatable bonds is 7. The Balaban J connectivity index is 2.71. The van der Waals surface area contributed by atoms with Gasteiger partial charge in [0.05, 0.1) is 6.61 Å². The van der Waals surface area contributed by atoms with E-state index in [9.17, 15) is 0 Å². The highest BCUT2D eigenvalue weighted by molar-refractivity contribution is 5.30. The molecule has 0 heterocycles. The zero-order valence-electron chi connectivity index (χ0n) is 10.2. The molecule has 0 amide bonds. The Morgan fingerprint density at radius 3 is 2.75 bits per heavy atom. The van der Waals surface area contributed by atoms with Crippen molar-refractivity contribution < 1.29 is 4.74 Å². The van der Waals surface area contributed by atoms with Gasteiger partial charge >= 0.3 is 0 Å². The second-order valence-corrected chi connectivity index (χ2v) is 3.93. The number of ether oxygens (including phenoxy) is 1. The molecular weight excluding hydrogens is 200 g/mol. The van der Waals surface area contributed by atoms with E-state index in [1.807, 2.05) is 12.1 Å². The van der Waals surface area contributed by atoms with Crippen molar-refractivity contribution in [1.29, 1.82) is 0 Å². The number of hydrogen-bond donors (Lipinski definition) is 2. The van der Waals surface area contributed by atoms with Crippen molar-refractivity contribution in [3.8, 4) is 5.75 Å². The molecule has 0 radical (unpaired) electrons. The molecule has 0 aliphatic rings. The summed E-state index contributed by atoms with van der Waals surface area (Å²) < 4.78 is 5.60. The van der Waals surface area contributed by atoms with Gasteiger partial charge in [0.1, 0.15) is 5.75 Å². The summed E-state index contributed by atoms with van der Waals surface area (Å²) >= 11 is 0. The quantitative estimate of drug-likeness (QED) is 0.551. The summed E-state index contributed by atoms with van der Waals surface area (Å²) in [6, 6.07) is 8.36. The van der Waals surface area contributed by atoms with Crippen molar-refractivity contribution >= 4 is 0 Å². The van der Waals surface area contributed by atoms with Crippen molar-refractivity contribution in [1.82, 2.24) is 5.43 Å². The molecule has 3 heteroatoms. The largest absolute Gasteiger partial charge is 0.494 e. The Hall–Kier alpha value is -1.06. The van der Waals surface area contributed by atoms with Crippen LogP contribution in [0.25, 0.3) is 0 Å². The van der Waals surface area contributed by atoms with Gasteiger partial charge in [-0.3, -0.25) is 11.3 Å². The third-order valence-electron chi connectivity index (χ3n) is 2.51. The van der Waals surface area contributed by atoms with E-state index in [2.05, 4.69) is 31.4 Å². The molecule has 0 saturated carbocycles. The van der Waals surface area contributed by atoms with Crippen LogP contribution in [0, 0.1) is 0 Å². The molecule has 0 spiro atoms. The molecule has 3 nitrogen and oxygen atoms in total. The minimum atomic E-state index is 0.218. The van der Waals surface area contributed by atoms with Crippen molar-refractivity contribution in [2.24, 2.45) is 5.84 Å². The third kappa shape index (κ3) is 3.83. The summed E-state index contributed by atoms with van der Waals surface area (Å²) in [7, 11) is 0. The van der Waals surface area contributed by atoms with Crippen LogP contribution in [0.15, 0.2) is 24.3 Å². The maximum Gasteiger partial charge on any atom is 0.119 e. The van der Waals surface area contributed by atoms with Gasteiger partial charge in [-0.2, -0.15) is 0 Å². The smallest absolute Gasteiger partial charge is 0.119 e. The Bertz CT molecular complexity index is 302. The summed E-state index contributed by atoms with van der Waals surface area (Å²) in [6.07, 6.45) is 3.17. The molecule has 0 bridgehead atoms. The molecular formula is C13H22N2O. The molecule has 1 aromatic rings. The SMILES string of the molecule is CCCOc1cccc(C(CCC)NN)c1. The van der Waals surface area contributed by atoms with Crippen LogP contribution in [0.2, 0.25) is 0 Å². The van der Waals surface area contributed by atoms with Gasteiger partial charge in [0.15, 0.2) is 0 Å². The first-order chi connectivity index (χ1) is 7.81. The molecule has 16 heavy (non-hydrogen) atoms. The minimum absolute atomic E-state index is 0.218. The fourth-order valence-corrected chi connectivity index (χ4v) is 1.68. The highest BCUT2D eigenvalue weighted by atomic mass is 16.5. The Morgan fingerprint density at radius 2 is 2.12 bits per heavy atom. The Kier molecular flexibility index (Phi) is 5.90. The Morgan fingerprint density at radius 1 is 1.31 bits per heavy atom. The molecule has 1 aromatic carbocycles. The van der Waals surface area contributed by atoms with Gasteiger partial charge in [-0.25, -0.2) is 0 Å². The van der Waals surface area contributed by atoms with Crippen LogP contribution >= 0.6 is 0 Å². The zero-order valence-corrected chi connectivity index (χ0v) is 10.2. The third-order valence-corrected chi connectivity index (χ3v) is 2.51.